The van der Waals surface area contributed by atoms with Gasteiger partial charge >= 0.3 is 0 Å². The molecule has 0 N–H and O–H groups in total. The Kier molecular flexibility index (Phi) is 2.47. The Labute approximate surface area is 105 Å². The van der Waals surface area contributed by atoms with E-state index in [0.717, 1.165) is 22.0 Å². The Morgan fingerprint density at radius 1 is 0.889 bits per heavy atom. The molecule has 0 amide bonds. The van der Waals surface area contributed by atoms with Gasteiger partial charge in [-0.05, 0) is 17.5 Å². The van der Waals surface area contributed by atoms with Crippen LogP contribution in [0.15, 0.2) is 54.9 Å². The van der Waals surface area contributed by atoms with Crippen molar-refractivity contribution in [3.63, 3.8) is 0 Å². The molecule has 0 saturated heterocycles. The summed E-state index contributed by atoms with van der Waals surface area (Å²) in [7, 11) is 0. The molecule has 0 aliphatic carbocycles. The highest BCUT2D eigenvalue weighted by atomic mass is 14.9. The number of pyridine rings is 2. The molecule has 3 nitrogen and oxygen atoms in total. The molecule has 3 heteroatoms. The highest BCUT2D eigenvalue weighted by Gasteiger charge is 2.03. The summed E-state index contributed by atoms with van der Waals surface area (Å²) in [6.45, 7) is 6.98. The monoisotopic (exact) mass is 231 g/mol. The Balaban J connectivity index is 2.19. The molecule has 0 aliphatic rings. The molecule has 0 bridgehead atoms. The van der Waals surface area contributed by atoms with Crippen molar-refractivity contribution >= 4 is 16.6 Å². The minimum absolute atomic E-state index is 0.410. The van der Waals surface area contributed by atoms with Gasteiger partial charge < -0.3 is 4.85 Å². The third-order valence-electron chi connectivity index (χ3n) is 2.77. The summed E-state index contributed by atoms with van der Waals surface area (Å²) in [5, 5.41) is 1.94. The van der Waals surface area contributed by atoms with Crippen LogP contribution in [0.5, 0.6) is 0 Å². The maximum absolute atomic E-state index is 6.98. The minimum Gasteiger partial charge on any atom is -0.361 e. The van der Waals surface area contributed by atoms with Gasteiger partial charge in [-0.3, -0.25) is 4.98 Å². The zero-order valence-electron chi connectivity index (χ0n) is 9.54. The molecule has 18 heavy (non-hydrogen) atoms. The van der Waals surface area contributed by atoms with Gasteiger partial charge in [0, 0.05) is 17.1 Å². The lowest BCUT2D eigenvalue weighted by Crippen LogP contribution is -1.84. The average Bonchev–Trinajstić information content (AvgIpc) is 2.47. The van der Waals surface area contributed by atoms with Gasteiger partial charge in [-0.1, -0.05) is 36.9 Å². The van der Waals surface area contributed by atoms with Crippen LogP contribution in [0, 0.1) is 6.57 Å². The molecule has 0 spiro atoms. The van der Waals surface area contributed by atoms with Crippen LogP contribution in [0.4, 0.5) is 5.82 Å². The van der Waals surface area contributed by atoms with E-state index in [9.17, 15) is 0 Å². The Bertz CT molecular complexity index is 743. The van der Waals surface area contributed by atoms with E-state index in [4.69, 9.17) is 6.57 Å². The molecule has 0 unspecified atom stereocenters. The number of hydrogen-bond acceptors (Lipinski definition) is 2. The summed E-state index contributed by atoms with van der Waals surface area (Å²) in [5.41, 5.74) is 1.98. The number of nitrogens with zero attached hydrogens (tertiary/aromatic N) is 3. The summed E-state index contributed by atoms with van der Waals surface area (Å²) < 4.78 is 0. The fraction of sp³-hybridized carbons (Fsp3) is 0. The van der Waals surface area contributed by atoms with Crippen molar-refractivity contribution in [2.75, 3.05) is 0 Å². The molecule has 0 aliphatic heterocycles. The zero-order valence-corrected chi connectivity index (χ0v) is 9.54. The number of rotatable bonds is 1. The molecule has 3 aromatic rings. The van der Waals surface area contributed by atoms with Gasteiger partial charge in [0.05, 0.1) is 5.69 Å². The minimum atomic E-state index is 0.410. The van der Waals surface area contributed by atoms with Crippen molar-refractivity contribution in [2.45, 2.75) is 0 Å². The van der Waals surface area contributed by atoms with Crippen LogP contribution in [0.2, 0.25) is 0 Å². The Morgan fingerprint density at radius 2 is 1.67 bits per heavy atom. The first-order valence-electron chi connectivity index (χ1n) is 5.55. The van der Waals surface area contributed by atoms with Crippen LogP contribution < -0.4 is 0 Å². The summed E-state index contributed by atoms with van der Waals surface area (Å²) in [5.74, 6) is 0.410. The Morgan fingerprint density at radius 3 is 2.44 bits per heavy atom. The zero-order chi connectivity index (χ0) is 12.4. The molecule has 0 radical (unpaired) electrons. The van der Waals surface area contributed by atoms with E-state index in [1.54, 1.807) is 18.5 Å². The highest BCUT2D eigenvalue weighted by molar-refractivity contribution is 5.86. The maximum atomic E-state index is 6.98. The normalized spacial score (nSPS) is 10.2. The van der Waals surface area contributed by atoms with Crippen LogP contribution in [0.1, 0.15) is 0 Å². The van der Waals surface area contributed by atoms with Gasteiger partial charge in [0.2, 0.25) is 0 Å². The number of fused-ring (bicyclic) bond motifs is 1. The van der Waals surface area contributed by atoms with Gasteiger partial charge in [0.25, 0.3) is 5.82 Å². The lowest BCUT2D eigenvalue weighted by atomic mass is 10.1. The van der Waals surface area contributed by atoms with E-state index in [1.165, 1.54) is 0 Å². The van der Waals surface area contributed by atoms with Gasteiger partial charge in [-0.25, -0.2) is 0 Å². The second-order valence-electron chi connectivity index (χ2n) is 3.94. The molecule has 0 fully saturated rings. The maximum Gasteiger partial charge on any atom is 0.270 e. The number of hydrogen-bond donors (Lipinski definition) is 0. The molecule has 1 aromatic carbocycles. The van der Waals surface area contributed by atoms with Crippen LogP contribution in [0.25, 0.3) is 26.9 Å². The first-order chi connectivity index (χ1) is 8.86. The lowest BCUT2D eigenvalue weighted by molar-refractivity contribution is 1.33. The van der Waals surface area contributed by atoms with Gasteiger partial charge in [-0.15, -0.1) is 4.98 Å². The Hall–Kier alpha value is -2.73. The standard InChI is InChI=1S/C15H9N3/c1-16-15-8-12-7-14(11-5-3-2-4-6-11)17-9-13(12)10-18-15/h2-10H. The SMILES string of the molecule is [C-]#[N+]c1cc2cc(-c3ccccc3)ncc2cn1. The van der Waals surface area contributed by atoms with Gasteiger partial charge in [0.1, 0.15) is 6.20 Å². The number of benzene rings is 1. The molecule has 2 aromatic heterocycles. The average molecular weight is 231 g/mol. The largest absolute Gasteiger partial charge is 0.361 e. The quantitative estimate of drug-likeness (QED) is 0.595. The van der Waals surface area contributed by atoms with Crippen LogP contribution in [0.3, 0.4) is 0 Å². The van der Waals surface area contributed by atoms with E-state index < -0.39 is 0 Å². The van der Waals surface area contributed by atoms with Crippen LogP contribution >= 0.6 is 0 Å². The van der Waals surface area contributed by atoms with E-state index >= 15 is 0 Å². The lowest BCUT2D eigenvalue weighted by Gasteiger charge is -2.02. The molecular formula is C15H9N3. The molecule has 0 atom stereocenters. The molecule has 84 valence electrons. The fourth-order valence-electron chi connectivity index (χ4n) is 1.85. The molecule has 0 saturated carbocycles. The second-order valence-corrected chi connectivity index (χ2v) is 3.94. The van der Waals surface area contributed by atoms with E-state index in [-0.39, 0.29) is 0 Å². The summed E-state index contributed by atoms with van der Waals surface area (Å²) >= 11 is 0. The van der Waals surface area contributed by atoms with Gasteiger partial charge in [0.15, 0.2) is 0 Å². The second kappa shape index (κ2) is 4.27. The van der Waals surface area contributed by atoms with Crippen LogP contribution in [-0.2, 0) is 0 Å². The van der Waals surface area contributed by atoms with Crippen molar-refractivity contribution in [3.8, 4) is 11.3 Å². The molecular weight excluding hydrogens is 222 g/mol. The van der Waals surface area contributed by atoms with E-state index in [2.05, 4.69) is 14.8 Å². The highest BCUT2D eigenvalue weighted by Crippen LogP contribution is 2.23. The summed E-state index contributed by atoms with van der Waals surface area (Å²) in [6, 6.07) is 13.8. The third-order valence-corrected chi connectivity index (χ3v) is 2.77. The van der Waals surface area contributed by atoms with E-state index in [0.29, 0.717) is 5.82 Å². The van der Waals surface area contributed by atoms with Crippen molar-refractivity contribution in [3.05, 3.63) is 66.3 Å². The van der Waals surface area contributed by atoms with Crippen molar-refractivity contribution in [2.24, 2.45) is 0 Å². The summed E-state index contributed by atoms with van der Waals surface area (Å²) in [6.07, 6.45) is 3.48. The van der Waals surface area contributed by atoms with Gasteiger partial charge in [-0.2, -0.15) is 0 Å². The molecule has 3 rings (SSSR count). The number of aromatic nitrogens is 2. The topological polar surface area (TPSA) is 30.1 Å². The van der Waals surface area contributed by atoms with Crippen molar-refractivity contribution in [1.29, 1.82) is 0 Å². The van der Waals surface area contributed by atoms with Crippen molar-refractivity contribution < 1.29 is 0 Å². The predicted molar refractivity (Wildman–Crippen MR) is 71.2 cm³/mol. The first-order valence-corrected chi connectivity index (χ1v) is 5.55. The first kappa shape index (κ1) is 10.4. The summed E-state index contributed by atoms with van der Waals surface area (Å²) in [4.78, 5) is 11.8. The fourth-order valence-corrected chi connectivity index (χ4v) is 1.85. The molecule has 2 heterocycles. The smallest absolute Gasteiger partial charge is 0.270 e. The van der Waals surface area contributed by atoms with E-state index in [1.807, 2.05) is 36.4 Å². The van der Waals surface area contributed by atoms with Crippen LogP contribution in [-0.4, -0.2) is 9.97 Å². The van der Waals surface area contributed by atoms with Crippen molar-refractivity contribution in [1.82, 2.24) is 9.97 Å². The third kappa shape index (κ3) is 1.80. The predicted octanol–water partition coefficient (Wildman–Crippen LogP) is 3.85.